The molecule has 1 unspecified atom stereocenters. The van der Waals surface area contributed by atoms with Gasteiger partial charge in [-0.15, -0.1) is 0 Å². The molecule has 0 aliphatic carbocycles. The molecule has 0 amide bonds. The Bertz CT molecular complexity index is 575. The molecule has 2 rings (SSSR count). The minimum Gasteiger partial charge on any atom is -0.293 e. The van der Waals surface area contributed by atoms with Crippen LogP contribution in [0.3, 0.4) is 0 Å². The zero-order valence-electron chi connectivity index (χ0n) is 8.97. The van der Waals surface area contributed by atoms with Crippen LogP contribution in [0.4, 0.5) is 0 Å². The number of carbonyl (C=O) groups is 1. The second-order valence-electron chi connectivity index (χ2n) is 3.74. The van der Waals surface area contributed by atoms with Crippen LogP contribution in [0.25, 0.3) is 10.8 Å². The molecule has 0 fully saturated rings. The molecular formula is C14H11NO. The van der Waals surface area contributed by atoms with Crippen LogP contribution in [0.2, 0.25) is 0 Å². The van der Waals surface area contributed by atoms with E-state index in [2.05, 4.69) is 0 Å². The van der Waals surface area contributed by atoms with E-state index in [0.29, 0.717) is 5.56 Å². The van der Waals surface area contributed by atoms with Crippen molar-refractivity contribution in [2.24, 2.45) is 5.92 Å². The van der Waals surface area contributed by atoms with Crippen LogP contribution in [0, 0.1) is 17.2 Å². The monoisotopic (exact) mass is 209 g/mol. The van der Waals surface area contributed by atoms with Gasteiger partial charge in [0.25, 0.3) is 0 Å². The molecule has 0 aliphatic rings. The van der Waals surface area contributed by atoms with Crippen molar-refractivity contribution in [3.05, 3.63) is 48.0 Å². The normalized spacial score (nSPS) is 12.0. The summed E-state index contributed by atoms with van der Waals surface area (Å²) in [5.74, 6) is -0.704. The lowest BCUT2D eigenvalue weighted by atomic mass is 9.95. The van der Waals surface area contributed by atoms with Crippen molar-refractivity contribution in [3.63, 3.8) is 0 Å². The lowest BCUT2D eigenvalue weighted by molar-refractivity contribution is 0.0958. The predicted octanol–water partition coefficient (Wildman–Crippen LogP) is 3.18. The molecule has 0 spiro atoms. The average Bonchev–Trinajstić information content (AvgIpc) is 2.36. The van der Waals surface area contributed by atoms with Crippen LogP contribution in [-0.4, -0.2) is 5.78 Å². The zero-order valence-corrected chi connectivity index (χ0v) is 8.97. The summed E-state index contributed by atoms with van der Waals surface area (Å²) in [5.41, 5.74) is 0.632. The number of hydrogen-bond donors (Lipinski definition) is 0. The molecule has 0 saturated heterocycles. The number of benzene rings is 2. The number of Topliss-reactive ketones (excluding diaryl/α,β-unsaturated/α-hetero) is 1. The Morgan fingerprint density at radius 1 is 1.19 bits per heavy atom. The second kappa shape index (κ2) is 4.16. The van der Waals surface area contributed by atoms with Crippen LogP contribution in [-0.2, 0) is 0 Å². The van der Waals surface area contributed by atoms with E-state index in [1.54, 1.807) is 13.0 Å². The summed E-state index contributed by atoms with van der Waals surface area (Å²) in [4.78, 5) is 12.0. The highest BCUT2D eigenvalue weighted by atomic mass is 16.1. The summed E-state index contributed by atoms with van der Waals surface area (Å²) >= 11 is 0. The largest absolute Gasteiger partial charge is 0.293 e. The van der Waals surface area contributed by atoms with Gasteiger partial charge in [0, 0.05) is 5.56 Å². The number of carbonyl (C=O) groups excluding carboxylic acids is 1. The second-order valence-corrected chi connectivity index (χ2v) is 3.74. The van der Waals surface area contributed by atoms with Gasteiger partial charge in [0.05, 0.1) is 6.07 Å². The van der Waals surface area contributed by atoms with Gasteiger partial charge in [0.15, 0.2) is 5.78 Å². The van der Waals surface area contributed by atoms with Crippen molar-refractivity contribution >= 4 is 16.6 Å². The molecule has 0 aromatic heterocycles. The van der Waals surface area contributed by atoms with Gasteiger partial charge in [-0.05, 0) is 17.7 Å². The molecule has 0 radical (unpaired) electrons. The van der Waals surface area contributed by atoms with Gasteiger partial charge < -0.3 is 0 Å². The quantitative estimate of drug-likeness (QED) is 0.713. The highest BCUT2D eigenvalue weighted by Crippen LogP contribution is 2.20. The van der Waals surface area contributed by atoms with E-state index >= 15 is 0 Å². The van der Waals surface area contributed by atoms with Crippen LogP contribution < -0.4 is 0 Å². The van der Waals surface area contributed by atoms with Crippen LogP contribution in [0.15, 0.2) is 42.5 Å². The number of rotatable bonds is 2. The molecule has 0 aliphatic heterocycles. The van der Waals surface area contributed by atoms with Crippen molar-refractivity contribution < 1.29 is 4.79 Å². The van der Waals surface area contributed by atoms with Crippen LogP contribution >= 0.6 is 0 Å². The first kappa shape index (κ1) is 10.4. The van der Waals surface area contributed by atoms with E-state index in [4.69, 9.17) is 5.26 Å². The number of fused-ring (bicyclic) bond motifs is 1. The van der Waals surface area contributed by atoms with E-state index in [0.717, 1.165) is 10.8 Å². The predicted molar refractivity (Wildman–Crippen MR) is 63.1 cm³/mol. The van der Waals surface area contributed by atoms with Gasteiger partial charge in [-0.3, -0.25) is 4.79 Å². The first-order valence-corrected chi connectivity index (χ1v) is 5.15. The van der Waals surface area contributed by atoms with E-state index < -0.39 is 5.92 Å². The minimum absolute atomic E-state index is 0.112. The van der Waals surface area contributed by atoms with Crippen molar-refractivity contribution in [3.8, 4) is 6.07 Å². The lowest BCUT2D eigenvalue weighted by Crippen LogP contribution is -2.09. The summed E-state index contributed by atoms with van der Waals surface area (Å²) in [6, 6.07) is 15.3. The first-order valence-electron chi connectivity index (χ1n) is 5.15. The SMILES string of the molecule is CC(C#N)C(=O)c1cccc2ccccc12. The average molecular weight is 209 g/mol. The Hall–Kier alpha value is -2.14. The van der Waals surface area contributed by atoms with Gasteiger partial charge in [0.2, 0.25) is 0 Å². The third kappa shape index (κ3) is 1.68. The van der Waals surface area contributed by atoms with Crippen molar-refractivity contribution in [1.82, 2.24) is 0 Å². The zero-order chi connectivity index (χ0) is 11.5. The Balaban J connectivity index is 2.62. The third-order valence-electron chi connectivity index (χ3n) is 2.64. The van der Waals surface area contributed by atoms with Crippen molar-refractivity contribution in [2.45, 2.75) is 6.92 Å². The number of ketones is 1. The fraction of sp³-hybridized carbons (Fsp3) is 0.143. The Kier molecular flexibility index (Phi) is 2.70. The maximum Gasteiger partial charge on any atom is 0.180 e. The Labute approximate surface area is 94.1 Å². The fourth-order valence-corrected chi connectivity index (χ4v) is 1.73. The van der Waals surface area contributed by atoms with E-state index in [9.17, 15) is 4.79 Å². The topological polar surface area (TPSA) is 40.9 Å². The summed E-state index contributed by atoms with van der Waals surface area (Å²) in [6.45, 7) is 1.63. The van der Waals surface area contributed by atoms with Gasteiger partial charge >= 0.3 is 0 Å². The van der Waals surface area contributed by atoms with Gasteiger partial charge in [0.1, 0.15) is 5.92 Å². The standard InChI is InChI=1S/C14H11NO/c1-10(9-15)14(16)13-8-4-6-11-5-2-3-7-12(11)13/h2-8,10H,1H3. The minimum atomic E-state index is -0.592. The van der Waals surface area contributed by atoms with Gasteiger partial charge in [-0.1, -0.05) is 42.5 Å². The summed E-state index contributed by atoms with van der Waals surface area (Å²) < 4.78 is 0. The molecule has 0 N–H and O–H groups in total. The third-order valence-corrected chi connectivity index (χ3v) is 2.64. The molecule has 16 heavy (non-hydrogen) atoms. The fourth-order valence-electron chi connectivity index (χ4n) is 1.73. The van der Waals surface area contributed by atoms with Gasteiger partial charge in [-0.2, -0.15) is 5.26 Å². The highest BCUT2D eigenvalue weighted by Gasteiger charge is 2.16. The smallest absolute Gasteiger partial charge is 0.180 e. The van der Waals surface area contributed by atoms with Crippen molar-refractivity contribution in [1.29, 1.82) is 5.26 Å². The number of nitrogens with zero attached hydrogens (tertiary/aromatic N) is 1. The van der Waals surface area contributed by atoms with Crippen molar-refractivity contribution in [2.75, 3.05) is 0 Å². The molecule has 2 heteroatoms. The number of hydrogen-bond acceptors (Lipinski definition) is 2. The van der Waals surface area contributed by atoms with Crippen LogP contribution in [0.1, 0.15) is 17.3 Å². The Morgan fingerprint density at radius 2 is 1.88 bits per heavy atom. The molecule has 0 saturated carbocycles. The molecule has 0 bridgehead atoms. The highest BCUT2D eigenvalue weighted by molar-refractivity contribution is 6.09. The maximum atomic E-state index is 12.0. The summed E-state index contributed by atoms with van der Waals surface area (Å²) in [6.07, 6.45) is 0. The maximum absolute atomic E-state index is 12.0. The Morgan fingerprint density at radius 3 is 2.62 bits per heavy atom. The first-order chi connectivity index (χ1) is 7.74. The molecule has 78 valence electrons. The molecule has 2 nitrogen and oxygen atoms in total. The summed E-state index contributed by atoms with van der Waals surface area (Å²) in [7, 11) is 0. The summed E-state index contributed by atoms with van der Waals surface area (Å²) in [5, 5.41) is 10.7. The molecule has 2 aromatic rings. The molecule has 1 atom stereocenters. The molecule has 0 heterocycles. The van der Waals surface area contributed by atoms with E-state index in [1.807, 2.05) is 42.5 Å². The van der Waals surface area contributed by atoms with E-state index in [1.165, 1.54) is 0 Å². The van der Waals surface area contributed by atoms with Gasteiger partial charge in [-0.25, -0.2) is 0 Å². The van der Waals surface area contributed by atoms with Crippen LogP contribution in [0.5, 0.6) is 0 Å². The molecule has 2 aromatic carbocycles. The number of nitriles is 1. The molecular weight excluding hydrogens is 198 g/mol. The van der Waals surface area contributed by atoms with E-state index in [-0.39, 0.29) is 5.78 Å². The lowest BCUT2D eigenvalue weighted by Gasteiger charge is -2.06.